The van der Waals surface area contributed by atoms with Crippen molar-refractivity contribution in [3.63, 3.8) is 0 Å². The Labute approximate surface area is 122 Å². The number of hydrogen-bond acceptors (Lipinski definition) is 3. The zero-order valence-electron chi connectivity index (χ0n) is 12.8. The molecule has 3 aliphatic heterocycles. The maximum absolute atomic E-state index is 12.4. The fourth-order valence-corrected chi connectivity index (χ4v) is 4.41. The number of nitrogens with zero attached hydrogens (tertiary/aromatic N) is 2. The Hall–Kier alpha value is -0.610. The van der Waals surface area contributed by atoms with Crippen LogP contribution in [0.15, 0.2) is 0 Å². The maximum Gasteiger partial charge on any atom is 0.236 e. The molecule has 0 aromatic carbocycles. The van der Waals surface area contributed by atoms with Gasteiger partial charge in [0.1, 0.15) is 0 Å². The molecule has 114 valence electrons. The second kappa shape index (κ2) is 6.44. The minimum Gasteiger partial charge on any atom is -0.342 e. The summed E-state index contributed by atoms with van der Waals surface area (Å²) >= 11 is 0. The van der Waals surface area contributed by atoms with Gasteiger partial charge in [-0.25, -0.2) is 0 Å². The van der Waals surface area contributed by atoms with Gasteiger partial charge in [-0.1, -0.05) is 13.3 Å². The summed E-state index contributed by atoms with van der Waals surface area (Å²) in [5.41, 5.74) is 0. The van der Waals surface area contributed by atoms with E-state index in [-0.39, 0.29) is 0 Å². The fourth-order valence-electron chi connectivity index (χ4n) is 4.41. The molecule has 4 nitrogen and oxygen atoms in total. The van der Waals surface area contributed by atoms with Gasteiger partial charge in [-0.05, 0) is 45.1 Å². The molecule has 4 heteroatoms. The van der Waals surface area contributed by atoms with E-state index in [9.17, 15) is 4.79 Å². The first-order valence-corrected chi connectivity index (χ1v) is 8.55. The molecule has 20 heavy (non-hydrogen) atoms. The van der Waals surface area contributed by atoms with E-state index < -0.39 is 0 Å². The number of amides is 1. The number of carbonyl (C=O) groups is 1. The van der Waals surface area contributed by atoms with Gasteiger partial charge in [-0.3, -0.25) is 9.69 Å². The van der Waals surface area contributed by atoms with Crippen molar-refractivity contribution in [3.05, 3.63) is 0 Å². The highest BCUT2D eigenvalue weighted by Crippen LogP contribution is 2.34. The molecule has 0 aliphatic carbocycles. The average molecular weight is 279 g/mol. The number of carbonyl (C=O) groups excluding carboxylic acids is 1. The summed E-state index contributed by atoms with van der Waals surface area (Å²) in [7, 11) is 0. The van der Waals surface area contributed by atoms with E-state index in [2.05, 4.69) is 22.0 Å². The molecule has 3 rings (SSSR count). The second-order valence-electron chi connectivity index (χ2n) is 6.72. The lowest BCUT2D eigenvalue weighted by Crippen LogP contribution is -2.58. The number of hydrogen-bond donors (Lipinski definition) is 1. The summed E-state index contributed by atoms with van der Waals surface area (Å²) in [6.07, 6.45) is 8.78. The molecule has 1 amide bonds. The number of piperidine rings is 2. The van der Waals surface area contributed by atoms with Crippen molar-refractivity contribution in [2.45, 2.75) is 70.0 Å². The van der Waals surface area contributed by atoms with Crippen LogP contribution in [0.2, 0.25) is 0 Å². The molecule has 0 aromatic heterocycles. The molecule has 0 radical (unpaired) electrons. The van der Waals surface area contributed by atoms with Crippen molar-refractivity contribution in [3.8, 4) is 0 Å². The van der Waals surface area contributed by atoms with Crippen molar-refractivity contribution >= 4 is 5.91 Å². The normalized spacial score (nSPS) is 34.5. The molecular formula is C16H29N3O. The minimum absolute atomic E-state index is 0.376. The van der Waals surface area contributed by atoms with E-state index in [0.29, 0.717) is 30.6 Å². The van der Waals surface area contributed by atoms with Gasteiger partial charge in [0.25, 0.3) is 0 Å². The third kappa shape index (κ3) is 3.01. The molecule has 0 aromatic rings. The van der Waals surface area contributed by atoms with Crippen molar-refractivity contribution < 1.29 is 4.79 Å². The number of fused-ring (bicyclic) bond motifs is 2. The van der Waals surface area contributed by atoms with E-state index in [0.717, 1.165) is 19.6 Å². The third-order valence-corrected chi connectivity index (χ3v) is 5.40. The average Bonchev–Trinajstić information content (AvgIpc) is 2.94. The van der Waals surface area contributed by atoms with Gasteiger partial charge in [0, 0.05) is 31.2 Å². The van der Waals surface area contributed by atoms with Gasteiger partial charge in [-0.2, -0.15) is 0 Å². The summed E-state index contributed by atoms with van der Waals surface area (Å²) < 4.78 is 0. The summed E-state index contributed by atoms with van der Waals surface area (Å²) in [6.45, 7) is 5.91. The van der Waals surface area contributed by atoms with Gasteiger partial charge in [0.2, 0.25) is 5.91 Å². The molecule has 2 unspecified atom stereocenters. The summed E-state index contributed by atoms with van der Waals surface area (Å²) in [4.78, 5) is 17.0. The SMILES string of the molecule is CCNC1CC2CCCC(C1)N2CC(=O)N1CCCC1. The topological polar surface area (TPSA) is 35.6 Å². The Bertz CT molecular complexity index is 327. The van der Waals surface area contributed by atoms with Crippen LogP contribution in [0, 0.1) is 0 Å². The molecule has 3 fully saturated rings. The van der Waals surface area contributed by atoms with Crippen LogP contribution in [0.1, 0.15) is 51.9 Å². The predicted molar refractivity (Wildman–Crippen MR) is 80.6 cm³/mol. The molecule has 2 bridgehead atoms. The highest BCUT2D eigenvalue weighted by atomic mass is 16.2. The second-order valence-corrected chi connectivity index (χ2v) is 6.72. The number of nitrogens with one attached hydrogen (secondary N) is 1. The minimum atomic E-state index is 0.376. The Balaban J connectivity index is 1.60. The molecule has 0 spiro atoms. The van der Waals surface area contributed by atoms with Crippen LogP contribution >= 0.6 is 0 Å². The first-order valence-electron chi connectivity index (χ1n) is 8.55. The lowest BCUT2D eigenvalue weighted by molar-refractivity contribution is -0.134. The van der Waals surface area contributed by atoms with Crippen LogP contribution in [0.4, 0.5) is 0 Å². The molecule has 1 N–H and O–H groups in total. The predicted octanol–water partition coefficient (Wildman–Crippen LogP) is 1.60. The van der Waals surface area contributed by atoms with Crippen molar-refractivity contribution in [2.24, 2.45) is 0 Å². The van der Waals surface area contributed by atoms with Gasteiger partial charge in [0.05, 0.1) is 6.54 Å². The van der Waals surface area contributed by atoms with E-state index in [1.165, 1.54) is 44.9 Å². The summed E-state index contributed by atoms with van der Waals surface area (Å²) in [6, 6.07) is 1.95. The van der Waals surface area contributed by atoms with Crippen LogP contribution in [-0.2, 0) is 4.79 Å². The smallest absolute Gasteiger partial charge is 0.236 e. The molecular weight excluding hydrogens is 250 g/mol. The molecule has 3 heterocycles. The number of rotatable bonds is 4. The van der Waals surface area contributed by atoms with Crippen LogP contribution < -0.4 is 5.32 Å². The highest BCUT2D eigenvalue weighted by molar-refractivity contribution is 5.78. The highest BCUT2D eigenvalue weighted by Gasteiger charge is 2.39. The van der Waals surface area contributed by atoms with Gasteiger partial charge >= 0.3 is 0 Å². The largest absolute Gasteiger partial charge is 0.342 e. The van der Waals surface area contributed by atoms with Crippen molar-refractivity contribution in [1.29, 1.82) is 0 Å². The monoisotopic (exact) mass is 279 g/mol. The Morgan fingerprint density at radius 1 is 1.10 bits per heavy atom. The van der Waals surface area contributed by atoms with Gasteiger partial charge < -0.3 is 10.2 Å². The van der Waals surface area contributed by atoms with Crippen LogP contribution in [0.5, 0.6) is 0 Å². The first kappa shape index (κ1) is 14.3. The van der Waals surface area contributed by atoms with Gasteiger partial charge in [-0.15, -0.1) is 0 Å². The zero-order valence-corrected chi connectivity index (χ0v) is 12.8. The summed E-state index contributed by atoms with van der Waals surface area (Å²) in [5, 5.41) is 3.62. The Morgan fingerprint density at radius 3 is 2.35 bits per heavy atom. The molecule has 3 aliphatic rings. The maximum atomic E-state index is 12.4. The van der Waals surface area contributed by atoms with Crippen molar-refractivity contribution in [2.75, 3.05) is 26.2 Å². The quantitative estimate of drug-likeness (QED) is 0.849. The molecule has 3 saturated heterocycles. The standard InChI is InChI=1S/C16H29N3O/c1-2-17-13-10-14-6-5-7-15(11-13)19(14)12-16(20)18-8-3-4-9-18/h13-15,17H,2-12H2,1H3. The van der Waals surface area contributed by atoms with Crippen LogP contribution in [0.3, 0.4) is 0 Å². The lowest BCUT2D eigenvalue weighted by atomic mass is 9.81. The first-order chi connectivity index (χ1) is 9.78. The molecule has 2 atom stereocenters. The van der Waals surface area contributed by atoms with Gasteiger partial charge in [0.15, 0.2) is 0 Å². The van der Waals surface area contributed by atoms with E-state index in [4.69, 9.17) is 0 Å². The lowest BCUT2D eigenvalue weighted by Gasteiger charge is -2.49. The Morgan fingerprint density at radius 2 is 1.75 bits per heavy atom. The summed E-state index contributed by atoms with van der Waals surface area (Å²) in [5.74, 6) is 0.376. The van der Waals surface area contributed by atoms with Crippen molar-refractivity contribution in [1.82, 2.24) is 15.1 Å². The zero-order chi connectivity index (χ0) is 13.9. The van der Waals surface area contributed by atoms with E-state index in [1.54, 1.807) is 0 Å². The van der Waals surface area contributed by atoms with E-state index in [1.807, 2.05) is 0 Å². The van der Waals surface area contributed by atoms with E-state index >= 15 is 0 Å². The number of likely N-dealkylation sites (tertiary alicyclic amines) is 1. The van der Waals surface area contributed by atoms with Crippen LogP contribution in [-0.4, -0.2) is 60.0 Å². The fraction of sp³-hybridized carbons (Fsp3) is 0.938. The van der Waals surface area contributed by atoms with Crippen LogP contribution in [0.25, 0.3) is 0 Å². The molecule has 0 saturated carbocycles. The Kier molecular flexibility index (Phi) is 4.61. The third-order valence-electron chi connectivity index (χ3n) is 5.40.